The third-order valence-corrected chi connectivity index (χ3v) is 5.25. The molecule has 0 aromatic heterocycles. The Morgan fingerprint density at radius 1 is 0.893 bits per heavy atom. The van der Waals surface area contributed by atoms with Crippen molar-refractivity contribution in [2.75, 3.05) is 39.4 Å². The average molecular weight is 377 g/mol. The van der Waals surface area contributed by atoms with Gasteiger partial charge in [-0.25, -0.2) is 0 Å². The minimum Gasteiger partial charge on any atom is -0.489 e. The van der Waals surface area contributed by atoms with Crippen LogP contribution < -0.4 is 10.1 Å². The Balaban J connectivity index is 1.44. The first kappa shape index (κ1) is 18.9. The van der Waals surface area contributed by atoms with Gasteiger partial charge in [0.05, 0.1) is 13.2 Å². The third kappa shape index (κ3) is 4.90. The molecule has 1 aliphatic rings. The highest BCUT2D eigenvalue weighted by atomic mass is 16.5. The van der Waals surface area contributed by atoms with E-state index in [-0.39, 0.29) is 0 Å². The third-order valence-electron chi connectivity index (χ3n) is 5.25. The van der Waals surface area contributed by atoms with E-state index in [0.717, 1.165) is 51.7 Å². The van der Waals surface area contributed by atoms with Crippen LogP contribution in [-0.2, 0) is 17.9 Å². The summed E-state index contributed by atoms with van der Waals surface area (Å²) in [5.41, 5.74) is 2.41. The topological polar surface area (TPSA) is 33.7 Å². The van der Waals surface area contributed by atoms with Crippen molar-refractivity contribution in [3.63, 3.8) is 0 Å². The zero-order valence-corrected chi connectivity index (χ0v) is 16.3. The van der Waals surface area contributed by atoms with Crippen molar-refractivity contribution in [3.05, 3.63) is 77.9 Å². The van der Waals surface area contributed by atoms with Crippen molar-refractivity contribution in [2.24, 2.45) is 0 Å². The van der Waals surface area contributed by atoms with Crippen LogP contribution in [0.2, 0.25) is 0 Å². The predicted molar refractivity (Wildman–Crippen MR) is 114 cm³/mol. The number of nitrogens with zero attached hydrogens (tertiary/aromatic N) is 1. The van der Waals surface area contributed by atoms with Crippen LogP contribution in [0.15, 0.2) is 66.7 Å². The van der Waals surface area contributed by atoms with Crippen molar-refractivity contribution >= 4 is 10.8 Å². The molecule has 1 N–H and O–H groups in total. The maximum Gasteiger partial charge on any atom is 0.124 e. The molecule has 3 aromatic carbocycles. The van der Waals surface area contributed by atoms with Gasteiger partial charge in [-0.3, -0.25) is 4.90 Å². The number of rotatable bonds is 8. The molecule has 1 heterocycles. The molecule has 0 amide bonds. The number of hydrogen-bond donors (Lipinski definition) is 1. The summed E-state index contributed by atoms with van der Waals surface area (Å²) >= 11 is 0. The molecule has 1 aliphatic heterocycles. The van der Waals surface area contributed by atoms with E-state index in [9.17, 15) is 0 Å². The molecule has 1 fully saturated rings. The molecule has 146 valence electrons. The van der Waals surface area contributed by atoms with E-state index in [1.807, 2.05) is 18.2 Å². The number of hydrogen-bond acceptors (Lipinski definition) is 4. The Hall–Kier alpha value is -2.40. The van der Waals surface area contributed by atoms with Crippen molar-refractivity contribution in [1.82, 2.24) is 10.2 Å². The van der Waals surface area contributed by atoms with Gasteiger partial charge < -0.3 is 14.8 Å². The Bertz CT molecular complexity index is 876. The number of fused-ring (bicyclic) bond motifs is 1. The van der Waals surface area contributed by atoms with Crippen LogP contribution in [0.1, 0.15) is 11.1 Å². The van der Waals surface area contributed by atoms with E-state index >= 15 is 0 Å². The second-order valence-corrected chi connectivity index (χ2v) is 7.17. The highest BCUT2D eigenvalue weighted by Gasteiger charge is 2.11. The summed E-state index contributed by atoms with van der Waals surface area (Å²) in [5, 5.41) is 6.12. The van der Waals surface area contributed by atoms with Crippen molar-refractivity contribution in [3.8, 4) is 5.75 Å². The first-order valence-corrected chi connectivity index (χ1v) is 10.1. The molecule has 0 radical (unpaired) electrons. The first-order valence-electron chi connectivity index (χ1n) is 10.1. The van der Waals surface area contributed by atoms with Crippen LogP contribution in [0.4, 0.5) is 0 Å². The lowest BCUT2D eigenvalue weighted by Crippen LogP contribution is -2.40. The zero-order chi connectivity index (χ0) is 19.0. The summed E-state index contributed by atoms with van der Waals surface area (Å²) in [6.45, 7) is 7.15. The molecule has 4 nitrogen and oxygen atoms in total. The molecule has 1 saturated heterocycles. The summed E-state index contributed by atoms with van der Waals surface area (Å²) in [6, 6.07) is 23.1. The molecule has 0 aliphatic carbocycles. The quantitative estimate of drug-likeness (QED) is 0.606. The summed E-state index contributed by atoms with van der Waals surface area (Å²) < 4.78 is 11.6. The maximum absolute atomic E-state index is 6.21. The molecule has 28 heavy (non-hydrogen) atoms. The van der Waals surface area contributed by atoms with E-state index in [4.69, 9.17) is 9.47 Å². The van der Waals surface area contributed by atoms with Crippen molar-refractivity contribution in [2.45, 2.75) is 13.2 Å². The van der Waals surface area contributed by atoms with E-state index in [0.29, 0.717) is 6.61 Å². The Morgan fingerprint density at radius 3 is 2.54 bits per heavy atom. The minimum absolute atomic E-state index is 0.583. The van der Waals surface area contributed by atoms with Gasteiger partial charge in [0.25, 0.3) is 0 Å². The van der Waals surface area contributed by atoms with Gasteiger partial charge in [-0.2, -0.15) is 0 Å². The predicted octanol–water partition coefficient (Wildman–Crippen LogP) is 3.84. The van der Waals surface area contributed by atoms with E-state index in [1.165, 1.54) is 21.9 Å². The van der Waals surface area contributed by atoms with Gasteiger partial charge >= 0.3 is 0 Å². The summed E-state index contributed by atoms with van der Waals surface area (Å²) in [7, 11) is 0. The molecule has 0 atom stereocenters. The lowest BCUT2D eigenvalue weighted by molar-refractivity contribution is 0.0384. The molecule has 4 rings (SSSR count). The fourth-order valence-electron chi connectivity index (χ4n) is 3.64. The highest BCUT2D eigenvalue weighted by molar-refractivity contribution is 5.87. The fourth-order valence-corrected chi connectivity index (χ4v) is 3.64. The first-order chi connectivity index (χ1) is 13.9. The molecule has 0 saturated carbocycles. The van der Waals surface area contributed by atoms with Gasteiger partial charge in [-0.1, -0.05) is 60.7 Å². The Labute approximate surface area is 167 Å². The van der Waals surface area contributed by atoms with Gasteiger partial charge in [-0.15, -0.1) is 0 Å². The summed E-state index contributed by atoms with van der Waals surface area (Å²) in [6.07, 6.45) is 0. The van der Waals surface area contributed by atoms with Gasteiger partial charge in [0.15, 0.2) is 0 Å². The SMILES string of the molecule is c1ccc(COc2ccc3ccccc3c2CNCCN2CCOCC2)cc1. The van der Waals surface area contributed by atoms with E-state index in [2.05, 4.69) is 58.7 Å². The van der Waals surface area contributed by atoms with E-state index < -0.39 is 0 Å². The van der Waals surface area contributed by atoms with Crippen LogP contribution in [0, 0.1) is 0 Å². The van der Waals surface area contributed by atoms with Gasteiger partial charge in [-0.05, 0) is 22.4 Å². The smallest absolute Gasteiger partial charge is 0.124 e. The van der Waals surface area contributed by atoms with Crippen LogP contribution in [0.25, 0.3) is 10.8 Å². The number of benzene rings is 3. The Morgan fingerprint density at radius 2 is 1.68 bits per heavy atom. The summed E-state index contributed by atoms with van der Waals surface area (Å²) in [4.78, 5) is 2.45. The monoisotopic (exact) mass is 376 g/mol. The van der Waals surface area contributed by atoms with Crippen molar-refractivity contribution < 1.29 is 9.47 Å². The maximum atomic E-state index is 6.21. The number of morpholine rings is 1. The second-order valence-electron chi connectivity index (χ2n) is 7.17. The van der Waals surface area contributed by atoms with Crippen LogP contribution in [-0.4, -0.2) is 44.3 Å². The van der Waals surface area contributed by atoms with Gasteiger partial charge in [0.1, 0.15) is 12.4 Å². The lowest BCUT2D eigenvalue weighted by Gasteiger charge is -2.26. The molecular weight excluding hydrogens is 348 g/mol. The normalized spacial score (nSPS) is 15.0. The standard InChI is InChI=1S/C24H28N2O2/c1-2-6-20(7-3-1)19-28-24-11-10-21-8-4-5-9-22(21)23(24)18-25-12-13-26-14-16-27-17-15-26/h1-11,25H,12-19H2. The largest absolute Gasteiger partial charge is 0.489 e. The second kappa shape index (κ2) is 9.69. The zero-order valence-electron chi connectivity index (χ0n) is 16.3. The summed E-state index contributed by atoms with van der Waals surface area (Å²) in [5.74, 6) is 0.960. The molecule has 0 unspecified atom stereocenters. The average Bonchev–Trinajstić information content (AvgIpc) is 2.77. The molecule has 0 spiro atoms. The molecule has 0 bridgehead atoms. The van der Waals surface area contributed by atoms with Crippen LogP contribution in [0.5, 0.6) is 5.75 Å². The molecular formula is C24H28N2O2. The molecule has 4 heteroatoms. The van der Waals surface area contributed by atoms with Crippen molar-refractivity contribution in [1.29, 1.82) is 0 Å². The van der Waals surface area contributed by atoms with Gasteiger partial charge in [0.2, 0.25) is 0 Å². The van der Waals surface area contributed by atoms with Gasteiger partial charge in [0, 0.05) is 38.3 Å². The van der Waals surface area contributed by atoms with E-state index in [1.54, 1.807) is 0 Å². The van der Waals surface area contributed by atoms with Crippen LogP contribution >= 0.6 is 0 Å². The molecule has 3 aromatic rings. The lowest BCUT2D eigenvalue weighted by atomic mass is 10.0. The number of ether oxygens (including phenoxy) is 2. The fraction of sp³-hybridized carbons (Fsp3) is 0.333. The Kier molecular flexibility index (Phi) is 6.56. The number of nitrogens with one attached hydrogen (secondary N) is 1. The minimum atomic E-state index is 0.583. The van der Waals surface area contributed by atoms with Crippen LogP contribution in [0.3, 0.4) is 0 Å². The highest BCUT2D eigenvalue weighted by Crippen LogP contribution is 2.28.